The van der Waals surface area contributed by atoms with E-state index in [1.807, 2.05) is 32.1 Å². The minimum absolute atomic E-state index is 0.221. The Morgan fingerprint density at radius 2 is 1.95 bits per heavy atom. The Morgan fingerprint density at radius 3 is 2.56 bits per heavy atom. The lowest BCUT2D eigenvalue weighted by Crippen LogP contribution is -2.52. The second-order valence-electron chi connectivity index (χ2n) is 10.5. The third kappa shape index (κ3) is 9.66. The Morgan fingerprint density at radius 1 is 1.24 bits per heavy atom. The van der Waals surface area contributed by atoms with Crippen LogP contribution in [0.2, 0.25) is 0 Å². The summed E-state index contributed by atoms with van der Waals surface area (Å²) in [4.78, 5) is 12.6. The van der Waals surface area contributed by atoms with Crippen LogP contribution >= 0.6 is 0 Å². The SMILES string of the molecule is C=C/C=C(\C=C\C)NC=O.CCO.CCOc1cc(CN2CCC[C@@]3(C)C(N)CCC23)ccc1-c1ccc(F)cc1. The van der Waals surface area contributed by atoms with E-state index in [1.54, 1.807) is 25.2 Å². The number of carbonyl (C=O) groups is 1. The Bertz CT molecular complexity index is 1150. The molecule has 2 fully saturated rings. The molecule has 1 aliphatic carbocycles. The quantitative estimate of drug-likeness (QED) is 0.243. The molecule has 0 radical (unpaired) electrons. The molecule has 4 rings (SSSR count). The maximum absolute atomic E-state index is 13.3. The predicted octanol–water partition coefficient (Wildman–Crippen LogP) is 6.36. The molecule has 1 saturated carbocycles. The van der Waals surface area contributed by atoms with E-state index < -0.39 is 0 Å². The van der Waals surface area contributed by atoms with E-state index in [4.69, 9.17) is 15.6 Å². The molecule has 7 heteroatoms. The molecule has 1 heterocycles. The average Bonchev–Trinajstić information content (AvgIpc) is 3.26. The third-order valence-corrected chi connectivity index (χ3v) is 7.72. The van der Waals surface area contributed by atoms with Gasteiger partial charge in [-0.25, -0.2) is 4.39 Å². The Hall–Kier alpha value is -3.26. The highest BCUT2D eigenvalue weighted by Gasteiger charge is 2.49. The van der Waals surface area contributed by atoms with E-state index in [0.717, 1.165) is 42.1 Å². The summed E-state index contributed by atoms with van der Waals surface area (Å²) in [6.07, 6.45) is 12.4. The van der Waals surface area contributed by atoms with Crippen molar-refractivity contribution in [3.05, 3.63) is 90.4 Å². The molecule has 0 bridgehead atoms. The second kappa shape index (κ2) is 17.5. The molecule has 0 aromatic heterocycles. The highest BCUT2D eigenvalue weighted by atomic mass is 19.1. The zero-order valence-electron chi connectivity index (χ0n) is 25.1. The molecular formula is C34H48FN3O3. The number of likely N-dealkylation sites (tertiary alicyclic amines) is 1. The lowest BCUT2D eigenvalue weighted by molar-refractivity contribution is -0.108. The summed E-state index contributed by atoms with van der Waals surface area (Å²) in [6.45, 7) is 14.4. The summed E-state index contributed by atoms with van der Waals surface area (Å²) in [5, 5.41) is 10.1. The molecule has 2 aromatic carbocycles. The van der Waals surface area contributed by atoms with Gasteiger partial charge in [-0.2, -0.15) is 0 Å². The van der Waals surface area contributed by atoms with E-state index in [0.29, 0.717) is 25.1 Å². The summed E-state index contributed by atoms with van der Waals surface area (Å²) in [7, 11) is 0. The van der Waals surface area contributed by atoms with Crippen LogP contribution in [0.1, 0.15) is 58.9 Å². The predicted molar refractivity (Wildman–Crippen MR) is 167 cm³/mol. The van der Waals surface area contributed by atoms with Crippen molar-refractivity contribution in [3.63, 3.8) is 0 Å². The number of nitrogens with zero attached hydrogens (tertiary/aromatic N) is 1. The molecule has 1 amide bonds. The topological polar surface area (TPSA) is 87.8 Å². The Labute approximate surface area is 245 Å². The number of ether oxygens (including phenoxy) is 1. The van der Waals surface area contributed by atoms with Crippen LogP contribution in [0.25, 0.3) is 11.1 Å². The van der Waals surface area contributed by atoms with Gasteiger partial charge in [0.15, 0.2) is 0 Å². The number of carbonyl (C=O) groups excluding carboxylic acids is 1. The number of nitrogens with two attached hydrogens (primary N) is 1. The number of hydrogen-bond donors (Lipinski definition) is 3. The van der Waals surface area contributed by atoms with Crippen LogP contribution in [0.3, 0.4) is 0 Å². The van der Waals surface area contributed by atoms with Crippen LogP contribution in [0, 0.1) is 11.2 Å². The molecule has 0 spiro atoms. The van der Waals surface area contributed by atoms with Crippen LogP contribution in [0.15, 0.2) is 79.0 Å². The van der Waals surface area contributed by atoms with Gasteiger partial charge in [0.05, 0.1) is 6.61 Å². The summed E-state index contributed by atoms with van der Waals surface area (Å²) in [6, 6.07) is 13.9. The first-order valence-corrected chi connectivity index (χ1v) is 14.6. The van der Waals surface area contributed by atoms with Gasteiger partial charge in [-0.05, 0) is 99.9 Å². The van der Waals surface area contributed by atoms with Gasteiger partial charge in [0.25, 0.3) is 0 Å². The third-order valence-electron chi connectivity index (χ3n) is 7.72. The summed E-state index contributed by atoms with van der Waals surface area (Å²) in [5.74, 6) is 0.649. The first kappa shape index (κ1) is 33.9. The van der Waals surface area contributed by atoms with Gasteiger partial charge < -0.3 is 20.9 Å². The van der Waals surface area contributed by atoms with Gasteiger partial charge in [-0.3, -0.25) is 9.69 Å². The number of piperidine rings is 1. The van der Waals surface area contributed by atoms with Gasteiger partial charge in [-0.1, -0.05) is 49.9 Å². The van der Waals surface area contributed by atoms with Crippen molar-refractivity contribution >= 4 is 6.41 Å². The number of fused-ring (bicyclic) bond motifs is 1. The summed E-state index contributed by atoms with van der Waals surface area (Å²) >= 11 is 0. The van der Waals surface area contributed by atoms with E-state index in [-0.39, 0.29) is 17.8 Å². The molecule has 2 aliphatic rings. The molecule has 224 valence electrons. The van der Waals surface area contributed by atoms with E-state index in [9.17, 15) is 9.18 Å². The van der Waals surface area contributed by atoms with Crippen molar-refractivity contribution in [3.8, 4) is 16.9 Å². The minimum Gasteiger partial charge on any atom is -0.493 e. The van der Waals surface area contributed by atoms with Crippen LogP contribution in [-0.2, 0) is 11.3 Å². The molecule has 6 nitrogen and oxygen atoms in total. The highest BCUT2D eigenvalue weighted by Crippen LogP contribution is 2.47. The van der Waals surface area contributed by atoms with Crippen molar-refractivity contribution in [2.75, 3.05) is 19.8 Å². The standard InChI is InChI=1S/C24H31FN2O.C8H11NO.C2H6O/c1-3-28-21-15-17(5-10-20(21)18-6-8-19(25)9-7-18)16-27-14-4-13-24(2)22(26)11-12-23(24)27;1-3-5-8(6-4-2)9-7-10;1-2-3/h5-10,15,22-23H,3-4,11-14,16,26H2,1-2H3;3-7H,1H2,2H3,(H,9,10);3H,2H2,1H3/b;6-4+,8-5+;/t22?,23?,24-;;/m0../s1. The molecule has 2 aromatic rings. The largest absolute Gasteiger partial charge is 0.493 e. The van der Waals surface area contributed by atoms with Gasteiger partial charge >= 0.3 is 0 Å². The summed E-state index contributed by atoms with van der Waals surface area (Å²) in [5.41, 5.74) is 10.7. The number of amides is 1. The van der Waals surface area contributed by atoms with Crippen molar-refractivity contribution < 1.29 is 19.0 Å². The molecule has 2 unspecified atom stereocenters. The maximum atomic E-state index is 13.3. The second-order valence-corrected chi connectivity index (χ2v) is 10.5. The average molecular weight is 566 g/mol. The monoisotopic (exact) mass is 565 g/mol. The fourth-order valence-corrected chi connectivity index (χ4v) is 5.77. The van der Waals surface area contributed by atoms with Crippen molar-refractivity contribution in [2.45, 2.75) is 72.0 Å². The normalized spacial score (nSPS) is 22.1. The van der Waals surface area contributed by atoms with Crippen LogP contribution < -0.4 is 15.8 Å². The number of aliphatic hydroxyl groups is 1. The fraction of sp³-hybridized carbons (Fsp3) is 0.441. The van der Waals surface area contributed by atoms with E-state index >= 15 is 0 Å². The molecular weight excluding hydrogens is 517 g/mol. The van der Waals surface area contributed by atoms with Crippen LogP contribution in [-0.4, -0.2) is 48.3 Å². The Kier molecular flexibility index (Phi) is 14.5. The number of hydrogen-bond acceptors (Lipinski definition) is 5. The number of aliphatic hydroxyl groups excluding tert-OH is 1. The summed E-state index contributed by atoms with van der Waals surface area (Å²) < 4.78 is 19.2. The Balaban J connectivity index is 0.000000382. The smallest absolute Gasteiger partial charge is 0.211 e. The van der Waals surface area contributed by atoms with E-state index in [2.05, 4.69) is 41.9 Å². The lowest BCUT2D eigenvalue weighted by Gasteiger charge is -2.46. The van der Waals surface area contributed by atoms with Gasteiger partial charge in [0.2, 0.25) is 6.41 Å². The van der Waals surface area contributed by atoms with Gasteiger partial charge in [0, 0.05) is 36.5 Å². The van der Waals surface area contributed by atoms with Crippen LogP contribution in [0.5, 0.6) is 5.75 Å². The number of allylic oxidation sites excluding steroid dienone is 4. The van der Waals surface area contributed by atoms with Gasteiger partial charge in [0.1, 0.15) is 11.6 Å². The molecule has 4 N–H and O–H groups in total. The number of benzene rings is 2. The van der Waals surface area contributed by atoms with E-state index in [1.165, 1.54) is 37.0 Å². The number of halogens is 1. The maximum Gasteiger partial charge on any atom is 0.211 e. The number of nitrogens with one attached hydrogen (secondary N) is 1. The zero-order valence-corrected chi connectivity index (χ0v) is 25.1. The van der Waals surface area contributed by atoms with Gasteiger partial charge in [-0.15, -0.1) is 0 Å². The van der Waals surface area contributed by atoms with Crippen molar-refractivity contribution in [2.24, 2.45) is 11.1 Å². The van der Waals surface area contributed by atoms with Crippen molar-refractivity contribution in [1.29, 1.82) is 0 Å². The molecule has 1 aliphatic heterocycles. The molecule has 3 atom stereocenters. The lowest BCUT2D eigenvalue weighted by atomic mass is 9.74. The van der Waals surface area contributed by atoms with Crippen molar-refractivity contribution in [1.82, 2.24) is 10.2 Å². The highest BCUT2D eigenvalue weighted by molar-refractivity contribution is 5.71. The fourth-order valence-electron chi connectivity index (χ4n) is 5.77. The first-order chi connectivity index (χ1) is 19.8. The molecule has 41 heavy (non-hydrogen) atoms. The first-order valence-electron chi connectivity index (χ1n) is 14.6. The number of rotatable bonds is 9. The molecule has 1 saturated heterocycles. The zero-order chi connectivity index (χ0) is 30.3. The minimum atomic E-state index is -0.221. The van der Waals surface area contributed by atoms with Crippen LogP contribution in [0.4, 0.5) is 4.39 Å².